The molecule has 6 heteroatoms. The van der Waals surface area contributed by atoms with Crippen LogP contribution in [0.15, 0.2) is 30.3 Å². The van der Waals surface area contributed by atoms with Gasteiger partial charge in [0, 0.05) is 6.61 Å². The van der Waals surface area contributed by atoms with Crippen LogP contribution >= 0.6 is 0 Å². The fraction of sp³-hybridized carbons (Fsp3) is 0.696. The molecule has 0 bridgehead atoms. The molecule has 0 radical (unpaired) electrons. The third-order valence-electron chi connectivity index (χ3n) is 6.08. The van der Waals surface area contributed by atoms with E-state index in [0.717, 1.165) is 12.0 Å². The van der Waals surface area contributed by atoms with E-state index in [1.807, 2.05) is 44.2 Å². The number of hydrogen-bond donors (Lipinski definition) is 0. The number of carbonyl (C=O) groups is 1. The van der Waals surface area contributed by atoms with Gasteiger partial charge in [0.15, 0.2) is 8.32 Å². The molecule has 0 saturated carbocycles. The maximum absolute atomic E-state index is 12.9. The van der Waals surface area contributed by atoms with Gasteiger partial charge in [-0.2, -0.15) is 0 Å². The Morgan fingerprint density at radius 2 is 1.86 bits per heavy atom. The zero-order chi connectivity index (χ0) is 21.7. The third kappa shape index (κ3) is 5.69. The molecule has 1 aliphatic rings. The number of benzene rings is 1. The lowest BCUT2D eigenvalue weighted by molar-refractivity contribution is -0.154. The molecule has 1 aromatic rings. The van der Waals surface area contributed by atoms with Gasteiger partial charge in [-0.05, 0) is 43.5 Å². The summed E-state index contributed by atoms with van der Waals surface area (Å²) in [7, 11) is -2.12. The molecule has 0 spiro atoms. The Kier molecular flexibility index (Phi) is 8.07. The minimum atomic E-state index is -2.12. The summed E-state index contributed by atoms with van der Waals surface area (Å²) in [6.45, 7) is 16.2. The number of rotatable bonds is 11. The molecule has 29 heavy (non-hydrogen) atoms. The predicted octanol–water partition coefficient (Wildman–Crippen LogP) is 5.09. The Morgan fingerprint density at radius 3 is 2.38 bits per heavy atom. The van der Waals surface area contributed by atoms with Crippen LogP contribution in [0, 0.1) is 0 Å². The third-order valence-corrected chi connectivity index (χ3v) is 10.6. The molecule has 1 aliphatic heterocycles. The van der Waals surface area contributed by atoms with Gasteiger partial charge in [0.25, 0.3) is 0 Å². The van der Waals surface area contributed by atoms with Crippen molar-refractivity contribution in [2.45, 2.75) is 90.0 Å². The molecule has 0 amide bonds. The van der Waals surface area contributed by atoms with Crippen molar-refractivity contribution in [2.75, 3.05) is 13.2 Å². The van der Waals surface area contributed by atoms with Crippen LogP contribution in [0.1, 0.15) is 53.0 Å². The molecule has 0 N–H and O–H groups in total. The van der Waals surface area contributed by atoms with Crippen LogP contribution in [0.4, 0.5) is 0 Å². The van der Waals surface area contributed by atoms with Crippen LogP contribution < -0.4 is 0 Å². The van der Waals surface area contributed by atoms with Gasteiger partial charge in [0.05, 0.1) is 19.3 Å². The molecular formula is C23H38O5Si. The van der Waals surface area contributed by atoms with Crippen molar-refractivity contribution in [2.24, 2.45) is 0 Å². The summed E-state index contributed by atoms with van der Waals surface area (Å²) in [5.41, 5.74) is 0.125. The van der Waals surface area contributed by atoms with Gasteiger partial charge in [-0.1, -0.05) is 58.0 Å². The molecule has 0 aliphatic carbocycles. The van der Waals surface area contributed by atoms with Crippen molar-refractivity contribution in [3.05, 3.63) is 35.9 Å². The Bertz CT molecular complexity index is 655. The first-order valence-corrected chi connectivity index (χ1v) is 13.6. The topological polar surface area (TPSA) is 57.3 Å². The summed E-state index contributed by atoms with van der Waals surface area (Å²) in [5.74, 6) is -0.307. The van der Waals surface area contributed by atoms with Crippen LogP contribution in [-0.4, -0.2) is 45.3 Å². The Morgan fingerprint density at radius 1 is 1.21 bits per heavy atom. The standard InChI is InChI=1S/C23H38O5Si/c1-8-19-23(27-19,21(24)26-9-2)20(28-29(6,7)22(3,4)5)15-16-25-17-18-13-11-10-12-14-18/h10-14,19-20H,8-9,15-17H2,1-7H3/t19?,20-,23-/m1/s1. The highest BCUT2D eigenvalue weighted by Gasteiger charge is 2.68. The van der Waals surface area contributed by atoms with E-state index in [2.05, 4.69) is 33.9 Å². The van der Waals surface area contributed by atoms with E-state index in [9.17, 15) is 4.79 Å². The van der Waals surface area contributed by atoms with Crippen molar-refractivity contribution >= 4 is 14.3 Å². The molecule has 3 atom stereocenters. The van der Waals surface area contributed by atoms with Crippen molar-refractivity contribution < 1.29 is 23.4 Å². The number of esters is 1. The first-order chi connectivity index (χ1) is 13.6. The minimum absolute atomic E-state index is 0.0304. The van der Waals surface area contributed by atoms with Gasteiger partial charge in [-0.25, -0.2) is 4.79 Å². The monoisotopic (exact) mass is 422 g/mol. The zero-order valence-electron chi connectivity index (χ0n) is 19.1. The van der Waals surface area contributed by atoms with Crippen molar-refractivity contribution in [3.63, 3.8) is 0 Å². The van der Waals surface area contributed by atoms with E-state index < -0.39 is 13.9 Å². The molecule has 2 rings (SSSR count). The van der Waals surface area contributed by atoms with E-state index in [-0.39, 0.29) is 23.2 Å². The van der Waals surface area contributed by atoms with Gasteiger partial charge in [0.2, 0.25) is 5.60 Å². The molecule has 1 unspecified atom stereocenters. The molecule has 1 heterocycles. The second-order valence-corrected chi connectivity index (χ2v) is 14.0. The van der Waals surface area contributed by atoms with E-state index in [1.165, 1.54) is 0 Å². The second kappa shape index (κ2) is 9.73. The zero-order valence-corrected chi connectivity index (χ0v) is 20.1. The summed E-state index contributed by atoms with van der Waals surface area (Å²) in [6.07, 6.45) is 0.809. The Balaban J connectivity index is 2.13. The molecule has 1 saturated heterocycles. The highest BCUT2D eigenvalue weighted by atomic mass is 28.4. The molecule has 0 aromatic heterocycles. The van der Waals surface area contributed by atoms with E-state index in [1.54, 1.807) is 0 Å². The average molecular weight is 423 g/mol. The van der Waals surface area contributed by atoms with E-state index in [4.69, 9.17) is 18.6 Å². The lowest BCUT2D eigenvalue weighted by Crippen LogP contribution is -2.52. The molecule has 5 nitrogen and oxygen atoms in total. The van der Waals surface area contributed by atoms with Gasteiger partial charge in [-0.15, -0.1) is 0 Å². The fourth-order valence-electron chi connectivity index (χ4n) is 3.27. The molecular weight excluding hydrogens is 384 g/mol. The molecule has 164 valence electrons. The van der Waals surface area contributed by atoms with Crippen LogP contribution in [-0.2, 0) is 30.0 Å². The molecule has 1 fully saturated rings. The first kappa shape index (κ1) is 24.1. The van der Waals surface area contributed by atoms with Crippen LogP contribution in [0.2, 0.25) is 18.1 Å². The van der Waals surface area contributed by atoms with Crippen molar-refractivity contribution in [1.29, 1.82) is 0 Å². The summed E-state index contributed by atoms with van der Waals surface area (Å²) in [4.78, 5) is 12.9. The van der Waals surface area contributed by atoms with E-state index >= 15 is 0 Å². The normalized spacial score (nSPS) is 22.9. The smallest absolute Gasteiger partial charge is 0.343 e. The van der Waals surface area contributed by atoms with E-state index in [0.29, 0.717) is 26.2 Å². The summed E-state index contributed by atoms with van der Waals surface area (Å²) in [6, 6.07) is 10.1. The van der Waals surface area contributed by atoms with Crippen LogP contribution in [0.3, 0.4) is 0 Å². The van der Waals surface area contributed by atoms with Gasteiger partial charge < -0.3 is 18.6 Å². The van der Waals surface area contributed by atoms with Crippen LogP contribution in [0.25, 0.3) is 0 Å². The Labute approximate surface area is 177 Å². The van der Waals surface area contributed by atoms with Gasteiger partial charge in [-0.3, -0.25) is 0 Å². The largest absolute Gasteiger partial charge is 0.464 e. The average Bonchev–Trinajstić information content (AvgIpc) is 3.40. The van der Waals surface area contributed by atoms with Gasteiger partial charge in [0.1, 0.15) is 6.10 Å². The number of epoxide rings is 1. The lowest BCUT2D eigenvalue weighted by Gasteiger charge is -2.40. The number of carbonyl (C=O) groups excluding carboxylic acids is 1. The maximum Gasteiger partial charge on any atom is 0.343 e. The highest BCUT2D eigenvalue weighted by molar-refractivity contribution is 6.74. The summed E-state index contributed by atoms with van der Waals surface area (Å²) < 4.78 is 24.0. The molecule has 1 aromatic carbocycles. The Hall–Kier alpha value is -1.21. The predicted molar refractivity (Wildman–Crippen MR) is 117 cm³/mol. The summed E-state index contributed by atoms with van der Waals surface area (Å²) in [5, 5.41) is 0.0304. The van der Waals surface area contributed by atoms with Crippen molar-refractivity contribution in [1.82, 2.24) is 0 Å². The lowest BCUT2D eigenvalue weighted by atomic mass is 9.94. The SMILES string of the molecule is CCOC(=O)[C@@]1([C@@H](CCOCc2ccccc2)O[Si](C)(C)C(C)(C)C)OC1CC. The quantitative estimate of drug-likeness (QED) is 0.215. The minimum Gasteiger partial charge on any atom is -0.464 e. The summed E-state index contributed by atoms with van der Waals surface area (Å²) >= 11 is 0. The maximum atomic E-state index is 12.9. The first-order valence-electron chi connectivity index (χ1n) is 10.7. The van der Waals surface area contributed by atoms with Gasteiger partial charge >= 0.3 is 5.97 Å². The number of hydrogen-bond acceptors (Lipinski definition) is 5. The number of ether oxygens (including phenoxy) is 3. The highest BCUT2D eigenvalue weighted by Crippen LogP contribution is 2.48. The van der Waals surface area contributed by atoms with Crippen LogP contribution in [0.5, 0.6) is 0 Å². The fourth-order valence-corrected chi connectivity index (χ4v) is 4.63. The van der Waals surface area contributed by atoms with Crippen molar-refractivity contribution in [3.8, 4) is 0 Å². The second-order valence-electron chi connectivity index (χ2n) is 9.22.